The van der Waals surface area contributed by atoms with Gasteiger partial charge < -0.3 is 9.47 Å². The third-order valence-electron chi connectivity index (χ3n) is 2.89. The second kappa shape index (κ2) is 4.53. The Bertz CT molecular complexity index is 290. The molecule has 1 atom stereocenters. The van der Waals surface area contributed by atoms with Crippen LogP contribution in [0.3, 0.4) is 0 Å². The number of carbonyl (C=O) groups excluding carboxylic acids is 2. The maximum Gasteiger partial charge on any atom is 0.319 e. The van der Waals surface area contributed by atoms with Gasteiger partial charge in [-0.05, 0) is 34.1 Å². The summed E-state index contributed by atoms with van der Waals surface area (Å²) in [4.78, 5) is 23.2. The van der Waals surface area contributed by atoms with E-state index in [-0.39, 0.29) is 11.4 Å². The minimum Gasteiger partial charge on any atom is -0.465 e. The molecular formula is C12H20O4. The van der Waals surface area contributed by atoms with Gasteiger partial charge in [0.2, 0.25) is 0 Å². The van der Waals surface area contributed by atoms with Crippen LogP contribution in [0.4, 0.5) is 0 Å². The fourth-order valence-corrected chi connectivity index (χ4v) is 1.81. The van der Waals surface area contributed by atoms with Crippen molar-refractivity contribution in [2.45, 2.75) is 46.1 Å². The molecule has 0 aromatic heterocycles. The maximum atomic E-state index is 11.6. The number of carbonyl (C=O) groups is 2. The molecule has 0 aromatic rings. The lowest BCUT2D eigenvalue weighted by Gasteiger charge is -2.25. The van der Waals surface area contributed by atoms with Gasteiger partial charge >= 0.3 is 5.97 Å². The van der Waals surface area contributed by atoms with Gasteiger partial charge in [0, 0.05) is 13.0 Å². The van der Waals surface area contributed by atoms with Gasteiger partial charge in [-0.15, -0.1) is 0 Å². The molecule has 92 valence electrons. The van der Waals surface area contributed by atoms with E-state index >= 15 is 0 Å². The molecule has 1 aliphatic heterocycles. The number of cyclic esters (lactones) is 1. The van der Waals surface area contributed by atoms with Gasteiger partial charge in [-0.2, -0.15) is 0 Å². The van der Waals surface area contributed by atoms with Crippen molar-refractivity contribution in [1.29, 1.82) is 0 Å². The van der Waals surface area contributed by atoms with Crippen LogP contribution in [-0.2, 0) is 19.1 Å². The highest BCUT2D eigenvalue weighted by molar-refractivity contribution is 6.03. The summed E-state index contributed by atoms with van der Waals surface area (Å²) in [5.74, 6) is -0.509. The number of hydrogen-bond donors (Lipinski definition) is 0. The fourth-order valence-electron chi connectivity index (χ4n) is 1.81. The predicted octanol–water partition coefficient (Wildman–Crippen LogP) is 1.71. The summed E-state index contributed by atoms with van der Waals surface area (Å²) < 4.78 is 10.5. The summed E-state index contributed by atoms with van der Waals surface area (Å²) in [6.45, 7) is 8.02. The molecule has 16 heavy (non-hydrogen) atoms. The molecule has 1 fully saturated rings. The van der Waals surface area contributed by atoms with Crippen LogP contribution in [0.5, 0.6) is 0 Å². The summed E-state index contributed by atoms with van der Waals surface area (Å²) in [6.07, 6.45) is 0.896. The van der Waals surface area contributed by atoms with E-state index < -0.39 is 11.4 Å². The van der Waals surface area contributed by atoms with Crippen LogP contribution in [0.15, 0.2) is 0 Å². The average molecular weight is 228 g/mol. The molecule has 0 aliphatic carbocycles. The van der Waals surface area contributed by atoms with Crippen molar-refractivity contribution >= 4 is 11.8 Å². The Morgan fingerprint density at radius 3 is 2.50 bits per heavy atom. The Morgan fingerprint density at radius 1 is 1.50 bits per heavy atom. The van der Waals surface area contributed by atoms with E-state index in [1.54, 1.807) is 0 Å². The quantitative estimate of drug-likeness (QED) is 0.543. The highest BCUT2D eigenvalue weighted by Gasteiger charge is 2.48. The second-order valence-corrected chi connectivity index (χ2v) is 5.24. The van der Waals surface area contributed by atoms with Crippen LogP contribution in [0.2, 0.25) is 0 Å². The second-order valence-electron chi connectivity index (χ2n) is 5.24. The molecule has 1 aliphatic rings. The van der Waals surface area contributed by atoms with Crippen LogP contribution in [0.25, 0.3) is 0 Å². The molecule has 4 heteroatoms. The molecule has 0 N–H and O–H groups in total. The summed E-state index contributed by atoms with van der Waals surface area (Å²) >= 11 is 0. The number of rotatable bonds is 4. The lowest BCUT2D eigenvalue weighted by Crippen LogP contribution is -2.36. The molecule has 0 amide bonds. The van der Waals surface area contributed by atoms with Crippen molar-refractivity contribution in [3.8, 4) is 0 Å². The molecule has 1 rings (SSSR count). The lowest BCUT2D eigenvalue weighted by atomic mass is 9.80. The summed E-state index contributed by atoms with van der Waals surface area (Å²) in [7, 11) is 0. The van der Waals surface area contributed by atoms with E-state index in [0.29, 0.717) is 26.1 Å². The minimum absolute atomic E-state index is 0.118. The van der Waals surface area contributed by atoms with E-state index in [2.05, 4.69) is 0 Å². The normalized spacial score (nSPS) is 25.6. The van der Waals surface area contributed by atoms with Crippen LogP contribution in [0, 0.1) is 5.41 Å². The van der Waals surface area contributed by atoms with Crippen molar-refractivity contribution < 1.29 is 19.1 Å². The highest BCUT2D eigenvalue weighted by atomic mass is 16.5. The maximum absolute atomic E-state index is 11.6. The third-order valence-corrected chi connectivity index (χ3v) is 2.89. The first kappa shape index (κ1) is 13.2. The van der Waals surface area contributed by atoms with Crippen LogP contribution < -0.4 is 0 Å². The largest absolute Gasteiger partial charge is 0.465 e. The topological polar surface area (TPSA) is 52.6 Å². The Balaban J connectivity index is 2.60. The van der Waals surface area contributed by atoms with Gasteiger partial charge in [-0.3, -0.25) is 9.59 Å². The number of esters is 1. The molecule has 0 bridgehead atoms. The summed E-state index contributed by atoms with van der Waals surface area (Å²) in [5.41, 5.74) is -1.20. The van der Waals surface area contributed by atoms with Gasteiger partial charge in [-0.25, -0.2) is 0 Å². The molecule has 1 unspecified atom stereocenters. The molecule has 0 radical (unpaired) electrons. The Morgan fingerprint density at radius 2 is 2.12 bits per heavy atom. The fraction of sp³-hybridized carbons (Fsp3) is 0.833. The Labute approximate surface area is 96.3 Å². The first-order chi connectivity index (χ1) is 7.28. The smallest absolute Gasteiger partial charge is 0.319 e. The minimum atomic E-state index is -0.953. The molecule has 0 saturated carbocycles. The van der Waals surface area contributed by atoms with E-state index in [0.717, 1.165) is 0 Å². The summed E-state index contributed by atoms with van der Waals surface area (Å²) in [6, 6.07) is 0. The van der Waals surface area contributed by atoms with Crippen molar-refractivity contribution in [1.82, 2.24) is 0 Å². The zero-order chi connectivity index (χ0) is 12.4. The number of Topliss-reactive ketones (excluding diaryl/α,β-unsaturated/α-hetero) is 1. The molecule has 1 saturated heterocycles. The molecule has 1 heterocycles. The zero-order valence-corrected chi connectivity index (χ0v) is 10.5. The van der Waals surface area contributed by atoms with Crippen molar-refractivity contribution in [3.05, 3.63) is 0 Å². The average Bonchev–Trinajstić information content (AvgIpc) is 2.46. The van der Waals surface area contributed by atoms with Gasteiger partial charge in [0.1, 0.15) is 11.2 Å². The van der Waals surface area contributed by atoms with Crippen molar-refractivity contribution in [2.24, 2.45) is 5.41 Å². The first-order valence-electron chi connectivity index (χ1n) is 5.60. The SMILES string of the molecule is CC(=O)C1(CCOC(C)(C)C)CCOC1=O. The van der Waals surface area contributed by atoms with E-state index in [9.17, 15) is 9.59 Å². The van der Waals surface area contributed by atoms with E-state index in [1.807, 2.05) is 20.8 Å². The predicted molar refractivity (Wildman–Crippen MR) is 59.0 cm³/mol. The highest BCUT2D eigenvalue weighted by Crippen LogP contribution is 2.35. The lowest BCUT2D eigenvalue weighted by molar-refractivity contribution is -0.152. The molecule has 0 aromatic carbocycles. The Hall–Kier alpha value is -0.900. The molecule has 4 nitrogen and oxygen atoms in total. The van der Waals surface area contributed by atoms with Gasteiger partial charge in [0.15, 0.2) is 0 Å². The number of ether oxygens (including phenoxy) is 2. The van der Waals surface area contributed by atoms with Crippen molar-refractivity contribution in [2.75, 3.05) is 13.2 Å². The molecular weight excluding hydrogens is 208 g/mol. The summed E-state index contributed by atoms with van der Waals surface area (Å²) in [5, 5.41) is 0. The number of ketones is 1. The van der Waals surface area contributed by atoms with Gasteiger partial charge in [0.25, 0.3) is 0 Å². The zero-order valence-electron chi connectivity index (χ0n) is 10.5. The van der Waals surface area contributed by atoms with E-state index in [1.165, 1.54) is 6.92 Å². The van der Waals surface area contributed by atoms with Crippen LogP contribution >= 0.6 is 0 Å². The third kappa shape index (κ3) is 2.82. The van der Waals surface area contributed by atoms with Crippen LogP contribution in [-0.4, -0.2) is 30.6 Å². The van der Waals surface area contributed by atoms with Gasteiger partial charge in [-0.1, -0.05) is 0 Å². The molecule has 0 spiro atoms. The van der Waals surface area contributed by atoms with Crippen molar-refractivity contribution in [3.63, 3.8) is 0 Å². The van der Waals surface area contributed by atoms with Crippen LogP contribution in [0.1, 0.15) is 40.5 Å². The standard InChI is InChI=1S/C12H20O4/c1-9(13)12(5-7-15-10(12)14)6-8-16-11(2,3)4/h5-8H2,1-4H3. The number of hydrogen-bond acceptors (Lipinski definition) is 4. The monoisotopic (exact) mass is 228 g/mol. The van der Waals surface area contributed by atoms with E-state index in [4.69, 9.17) is 9.47 Å². The first-order valence-corrected chi connectivity index (χ1v) is 5.60. The Kier molecular flexibility index (Phi) is 3.73. The van der Waals surface area contributed by atoms with Gasteiger partial charge in [0.05, 0.1) is 12.2 Å².